The summed E-state index contributed by atoms with van der Waals surface area (Å²) >= 11 is 0. The molecule has 5 fully saturated rings. The second-order valence-electron chi connectivity index (χ2n) is 30.6. The fraction of sp³-hybridized carbons (Fsp3) is 0.720. The van der Waals surface area contributed by atoms with Crippen LogP contribution < -0.4 is 30.6 Å². The number of phenolic OH excluding ortho intramolecular Hbond substituents is 2. The largest absolute Gasteiger partial charge is 0.508 e. The van der Waals surface area contributed by atoms with Gasteiger partial charge in [-0.15, -0.1) is 0 Å². The van der Waals surface area contributed by atoms with Crippen LogP contribution in [0.15, 0.2) is 53.5 Å². The number of fused-ring (bicyclic) bond motifs is 2. The minimum Gasteiger partial charge on any atom is -0.508 e. The summed E-state index contributed by atoms with van der Waals surface area (Å²) in [5, 5.41) is 67.9. The van der Waals surface area contributed by atoms with Crippen LogP contribution in [0.25, 0.3) is 11.1 Å². The Morgan fingerprint density at radius 3 is 2.44 bits per heavy atom. The van der Waals surface area contributed by atoms with Crippen LogP contribution in [0, 0.1) is 63.6 Å². The number of allylic oxidation sites excluding steroid dienone is 2. The molecule has 0 radical (unpaired) electrons. The van der Waals surface area contributed by atoms with Crippen molar-refractivity contribution in [3.05, 3.63) is 76.4 Å². The third-order valence-electron chi connectivity index (χ3n) is 24.9. The summed E-state index contributed by atoms with van der Waals surface area (Å²) in [6.07, 6.45) is 27.9. The van der Waals surface area contributed by atoms with Gasteiger partial charge in [0.25, 0.3) is 0 Å². The molecule has 15 rings (SSSR count). The van der Waals surface area contributed by atoms with E-state index < -0.39 is 18.3 Å². The summed E-state index contributed by atoms with van der Waals surface area (Å²) in [5.41, 5.74) is 13.6. The highest BCUT2D eigenvalue weighted by Crippen LogP contribution is 2.66. The molecule has 4 spiro atoms. The number of methoxy groups -OCH3 is 1. The van der Waals surface area contributed by atoms with Gasteiger partial charge in [-0.25, -0.2) is 0 Å². The Morgan fingerprint density at radius 1 is 0.841 bits per heavy atom. The molecule has 6 heterocycles. The van der Waals surface area contributed by atoms with Gasteiger partial charge in [0.05, 0.1) is 24.9 Å². The number of phenols is 2. The second-order valence-corrected chi connectivity index (χ2v) is 30.6. The number of nitrogens with one attached hydrogen (secondary N) is 2. The topological polar surface area (TPSA) is 201 Å². The maximum atomic E-state index is 13.2. The molecule has 88 heavy (non-hydrogen) atoms. The molecule has 0 aromatic heterocycles. The van der Waals surface area contributed by atoms with Crippen molar-refractivity contribution in [1.29, 1.82) is 0 Å². The van der Waals surface area contributed by atoms with Gasteiger partial charge < -0.3 is 60.8 Å². The lowest BCUT2D eigenvalue weighted by Gasteiger charge is -2.56. The lowest BCUT2D eigenvalue weighted by molar-refractivity contribution is -0.179. The van der Waals surface area contributed by atoms with Gasteiger partial charge >= 0.3 is 0 Å². The quantitative estimate of drug-likeness (QED) is 0.0668. The first-order valence-electron chi connectivity index (χ1n) is 35.3. The molecule has 3 aromatic carbocycles. The van der Waals surface area contributed by atoms with Crippen LogP contribution in [0.1, 0.15) is 215 Å². The molecular formula is C75H110N4O9. The van der Waals surface area contributed by atoms with E-state index in [4.69, 9.17) is 29.7 Å². The second kappa shape index (κ2) is 26.6. The predicted octanol–water partition coefficient (Wildman–Crippen LogP) is 13.6. The number of unbranched alkanes of at least 4 members (excludes halogenated alkanes) is 2. The van der Waals surface area contributed by atoms with E-state index in [1.807, 2.05) is 24.3 Å². The molecule has 1 saturated heterocycles. The molecule has 8 bridgehead atoms. The Labute approximate surface area is 526 Å². The summed E-state index contributed by atoms with van der Waals surface area (Å²) in [6, 6.07) is 11.6. The first-order chi connectivity index (χ1) is 42.5. The number of rotatable bonds is 11. The average molecular weight is 1210 g/mol. The van der Waals surface area contributed by atoms with E-state index >= 15 is 0 Å². The highest BCUT2D eigenvalue weighted by atomic mass is 16.5. The van der Waals surface area contributed by atoms with Gasteiger partial charge in [0.1, 0.15) is 29.5 Å². The van der Waals surface area contributed by atoms with Crippen LogP contribution in [0.4, 0.5) is 0 Å². The Morgan fingerprint density at radius 2 is 1.66 bits per heavy atom. The zero-order valence-corrected chi connectivity index (χ0v) is 54.4. The molecule has 6 aliphatic carbocycles. The highest BCUT2D eigenvalue weighted by Gasteiger charge is 2.60. The molecule has 15 atom stereocenters. The maximum Gasteiger partial charge on any atom is 0.188 e. The average Bonchev–Trinajstić information content (AvgIpc) is 1.09. The lowest BCUT2D eigenvalue weighted by Crippen LogP contribution is -2.55. The van der Waals surface area contributed by atoms with Crippen LogP contribution in [0.5, 0.6) is 28.7 Å². The van der Waals surface area contributed by atoms with Crippen molar-refractivity contribution in [3.8, 4) is 39.9 Å². The van der Waals surface area contributed by atoms with E-state index in [1.165, 1.54) is 25.7 Å². The van der Waals surface area contributed by atoms with Crippen molar-refractivity contribution in [1.82, 2.24) is 10.6 Å². The number of benzene rings is 3. The fourth-order valence-corrected chi connectivity index (χ4v) is 20.8. The van der Waals surface area contributed by atoms with Crippen molar-refractivity contribution in [2.45, 2.75) is 231 Å². The Hall–Kier alpha value is -4.53. The first-order valence-corrected chi connectivity index (χ1v) is 35.3. The van der Waals surface area contributed by atoms with E-state index in [9.17, 15) is 25.5 Å². The minimum atomic E-state index is -0.924. The van der Waals surface area contributed by atoms with Crippen LogP contribution in [0.3, 0.4) is 0 Å². The Kier molecular flexibility index (Phi) is 19.2. The molecule has 12 aliphatic rings. The maximum absolute atomic E-state index is 13.2. The van der Waals surface area contributed by atoms with E-state index in [2.05, 4.69) is 63.6 Å². The standard InChI is InChI=1S/C75H110N4O9/c1-7-8-9-14-47(4)56-33-50-17-16-49(56)32-54(81)41-74(25-13-24-73(74)28-30-86-75(44-73)26-12-15-48(40-75)42-77-5)45-79-71(76)78-29-21-55-60(43-80)72(22-10-11-23-72)27-20-64(55)87-66-37-51(18-19-61(66)82)70-63(84)38-59-65(88-70)39-67(85-6)69-58-35-53(31-46(2)3)62(83)36-52(58)34-57(50)68(59)69/h16-19,35-37,39,46-50,54-57,60,63-64,70,77,80-84H,7-15,20-34,38,40-45H2,1-6H3,(H3,76,78,79)/t47-,48-,49+,50+,54+,55+,56+,57-,60-,63+,64-,70-,73-,74-,75-/m0/s1. The molecule has 3 aromatic rings. The van der Waals surface area contributed by atoms with Crippen LogP contribution >= 0.6 is 0 Å². The van der Waals surface area contributed by atoms with Gasteiger partial charge in [-0.3, -0.25) is 4.99 Å². The van der Waals surface area contributed by atoms with Gasteiger partial charge in [-0.1, -0.05) is 97.3 Å². The van der Waals surface area contributed by atoms with E-state index in [0.29, 0.717) is 103 Å². The fourth-order valence-electron chi connectivity index (χ4n) is 20.8. The van der Waals surface area contributed by atoms with Crippen molar-refractivity contribution >= 4 is 5.96 Å². The zero-order valence-electron chi connectivity index (χ0n) is 54.4. The number of aliphatic imine (C=N–C) groups is 1. The number of nitrogens with two attached hydrogens (primary N) is 1. The van der Waals surface area contributed by atoms with E-state index in [0.717, 1.165) is 156 Å². The SMILES string of the molecule is CCCCC[C@H](C)[C@H]1C[C@H]2C=C[C@@H]1C[C@@H](O)C[C@@]1(CCC[C@@]13CCO[C@]1(CCC[C@H](CNC)C1)C3)CN=C(N)NCC[C@H]1[C@H](CCC3(CCCC3)[C@H]1CO)Oc1cc(ccc1O)[C@@H]1Oc3cc(OC)c4c(c3C[C@H]1O)[C@H]2Cc1cc(O)c(CC(C)C)cc1-4. The molecule has 0 unspecified atom stereocenters. The van der Waals surface area contributed by atoms with Crippen LogP contribution in [-0.4, -0.2) is 102 Å². The van der Waals surface area contributed by atoms with Gasteiger partial charge in [0.2, 0.25) is 0 Å². The highest BCUT2D eigenvalue weighted by molar-refractivity contribution is 5.84. The van der Waals surface area contributed by atoms with Gasteiger partial charge in [-0.2, -0.15) is 0 Å². The summed E-state index contributed by atoms with van der Waals surface area (Å²) in [5.74, 6) is 4.43. The smallest absolute Gasteiger partial charge is 0.188 e. The van der Waals surface area contributed by atoms with Crippen molar-refractivity contribution in [2.75, 3.05) is 47.0 Å². The predicted molar refractivity (Wildman–Crippen MR) is 349 cm³/mol. The molecule has 6 aliphatic heterocycles. The van der Waals surface area contributed by atoms with Gasteiger partial charge in [0.15, 0.2) is 17.5 Å². The molecule has 13 nitrogen and oxygen atoms in total. The minimum absolute atomic E-state index is 0.00976. The van der Waals surface area contributed by atoms with Crippen molar-refractivity contribution in [3.63, 3.8) is 0 Å². The summed E-state index contributed by atoms with van der Waals surface area (Å²) in [4.78, 5) is 5.40. The normalized spacial score (nSPS) is 34.9. The monoisotopic (exact) mass is 1210 g/mol. The number of hydrogen-bond donors (Lipinski definition) is 8. The van der Waals surface area contributed by atoms with Gasteiger partial charge in [-0.05, 0) is 238 Å². The van der Waals surface area contributed by atoms with Gasteiger partial charge in [0, 0.05) is 55.8 Å². The number of ether oxygens (including phenoxy) is 4. The van der Waals surface area contributed by atoms with Crippen molar-refractivity contribution in [2.24, 2.45) is 74.3 Å². The molecule has 0 amide bonds. The third kappa shape index (κ3) is 12.4. The molecule has 4 saturated carbocycles. The van der Waals surface area contributed by atoms with Crippen LogP contribution in [0.2, 0.25) is 0 Å². The number of hydrogen-bond acceptors (Lipinski definition) is 13. The zero-order chi connectivity index (χ0) is 61.5. The number of aliphatic hydroxyl groups excluding tert-OH is 3. The number of guanidine groups is 1. The summed E-state index contributed by atoms with van der Waals surface area (Å²) < 4.78 is 27.8. The van der Waals surface area contributed by atoms with Crippen molar-refractivity contribution < 1.29 is 44.5 Å². The molecule has 13 heteroatoms. The Bertz CT molecular complexity index is 2970. The summed E-state index contributed by atoms with van der Waals surface area (Å²) in [6.45, 7) is 12.0. The first kappa shape index (κ1) is 63.6. The third-order valence-corrected chi connectivity index (χ3v) is 24.9. The Balaban J connectivity index is 0.973. The van der Waals surface area contributed by atoms with E-state index in [-0.39, 0.29) is 69.9 Å². The van der Waals surface area contributed by atoms with Crippen LogP contribution in [-0.2, 0) is 24.0 Å². The van der Waals surface area contributed by atoms with E-state index in [1.54, 1.807) is 13.2 Å². The lowest BCUT2D eigenvalue weighted by atomic mass is 9.54. The number of aliphatic hydroxyl groups is 3. The molecule has 484 valence electrons. The summed E-state index contributed by atoms with van der Waals surface area (Å²) in [7, 11) is 3.82. The molecule has 9 N–H and O–H groups in total. The number of aromatic hydroxyl groups is 2. The molecular weight excluding hydrogens is 1100 g/mol. The number of nitrogens with zero attached hydrogens (tertiary/aromatic N) is 1.